The molecule has 0 saturated heterocycles. The Morgan fingerprint density at radius 3 is 2.53 bits per heavy atom. The molecule has 94 valence electrons. The second kappa shape index (κ2) is 5.68. The number of rotatable bonds is 3. The Bertz CT molecular complexity index is 341. The Balaban J connectivity index is 1.87. The molecule has 0 aromatic heterocycles. The van der Waals surface area contributed by atoms with Crippen LogP contribution in [0.3, 0.4) is 0 Å². The first-order valence-electron chi connectivity index (χ1n) is 6.96. The van der Waals surface area contributed by atoms with Crippen molar-refractivity contribution in [2.45, 2.75) is 52.6 Å². The highest BCUT2D eigenvalue weighted by atomic mass is 14.9. The van der Waals surface area contributed by atoms with Gasteiger partial charge < -0.3 is 5.32 Å². The predicted molar refractivity (Wildman–Crippen MR) is 74.0 cm³/mol. The van der Waals surface area contributed by atoms with Crippen LogP contribution in [-0.2, 0) is 6.54 Å². The van der Waals surface area contributed by atoms with Crippen molar-refractivity contribution in [3.8, 4) is 0 Å². The van der Waals surface area contributed by atoms with E-state index in [1.165, 1.54) is 30.4 Å². The van der Waals surface area contributed by atoms with Gasteiger partial charge in [0.2, 0.25) is 0 Å². The number of benzene rings is 1. The molecular formula is C16H25N. The van der Waals surface area contributed by atoms with E-state index in [-0.39, 0.29) is 0 Å². The molecule has 1 saturated carbocycles. The van der Waals surface area contributed by atoms with Gasteiger partial charge in [-0.05, 0) is 30.7 Å². The Morgan fingerprint density at radius 1 is 1.12 bits per heavy atom. The van der Waals surface area contributed by atoms with Crippen molar-refractivity contribution in [1.29, 1.82) is 0 Å². The van der Waals surface area contributed by atoms with Crippen LogP contribution >= 0.6 is 0 Å². The fourth-order valence-corrected chi connectivity index (χ4v) is 2.82. The van der Waals surface area contributed by atoms with Gasteiger partial charge in [0.25, 0.3) is 0 Å². The quantitative estimate of drug-likeness (QED) is 0.831. The van der Waals surface area contributed by atoms with E-state index >= 15 is 0 Å². The van der Waals surface area contributed by atoms with Crippen molar-refractivity contribution in [3.63, 3.8) is 0 Å². The third kappa shape index (κ3) is 3.32. The summed E-state index contributed by atoms with van der Waals surface area (Å²) in [6.07, 6.45) is 4.14. The Morgan fingerprint density at radius 2 is 1.82 bits per heavy atom. The van der Waals surface area contributed by atoms with Crippen LogP contribution in [0.1, 0.15) is 44.2 Å². The fraction of sp³-hybridized carbons (Fsp3) is 0.625. The molecule has 0 heterocycles. The van der Waals surface area contributed by atoms with Gasteiger partial charge in [-0.25, -0.2) is 0 Å². The summed E-state index contributed by atoms with van der Waals surface area (Å²) in [7, 11) is 0. The lowest BCUT2D eigenvalue weighted by Crippen LogP contribution is -2.40. The van der Waals surface area contributed by atoms with E-state index in [0.717, 1.165) is 18.4 Å². The Hall–Kier alpha value is -0.820. The summed E-state index contributed by atoms with van der Waals surface area (Å²) < 4.78 is 0. The second-order valence-electron chi connectivity index (χ2n) is 5.74. The van der Waals surface area contributed by atoms with Gasteiger partial charge in [0, 0.05) is 12.6 Å². The maximum Gasteiger partial charge on any atom is 0.0208 e. The predicted octanol–water partition coefficient (Wildman–Crippen LogP) is 3.91. The van der Waals surface area contributed by atoms with Gasteiger partial charge in [-0.15, -0.1) is 0 Å². The minimum atomic E-state index is 0.708. The van der Waals surface area contributed by atoms with E-state index in [0.29, 0.717) is 6.04 Å². The first kappa shape index (κ1) is 12.6. The highest BCUT2D eigenvalue weighted by molar-refractivity contribution is 5.21. The molecule has 0 bridgehead atoms. The van der Waals surface area contributed by atoms with Gasteiger partial charge in [0.1, 0.15) is 0 Å². The number of aryl methyl sites for hydroxylation is 1. The maximum absolute atomic E-state index is 3.74. The van der Waals surface area contributed by atoms with Crippen LogP contribution < -0.4 is 5.32 Å². The zero-order valence-electron chi connectivity index (χ0n) is 11.4. The Kier molecular flexibility index (Phi) is 4.22. The van der Waals surface area contributed by atoms with Gasteiger partial charge in [-0.2, -0.15) is 0 Å². The highest BCUT2D eigenvalue weighted by Crippen LogP contribution is 2.29. The van der Waals surface area contributed by atoms with Crippen molar-refractivity contribution < 1.29 is 0 Å². The van der Waals surface area contributed by atoms with Crippen molar-refractivity contribution >= 4 is 0 Å². The summed E-state index contributed by atoms with van der Waals surface area (Å²) in [6, 6.07) is 9.58. The van der Waals surface area contributed by atoms with Gasteiger partial charge in [0.05, 0.1) is 0 Å². The molecule has 0 radical (unpaired) electrons. The number of hydrogen-bond acceptors (Lipinski definition) is 1. The molecule has 0 amide bonds. The number of nitrogens with one attached hydrogen (secondary N) is 1. The number of hydrogen-bond donors (Lipinski definition) is 1. The topological polar surface area (TPSA) is 12.0 Å². The van der Waals surface area contributed by atoms with Crippen molar-refractivity contribution in [2.75, 3.05) is 0 Å². The van der Waals surface area contributed by atoms with Crippen LogP contribution in [0.25, 0.3) is 0 Å². The molecule has 1 aliphatic carbocycles. The molecule has 1 nitrogen and oxygen atoms in total. The first-order chi connectivity index (χ1) is 8.16. The van der Waals surface area contributed by atoms with E-state index in [2.05, 4.69) is 50.4 Å². The molecule has 3 atom stereocenters. The van der Waals surface area contributed by atoms with Crippen molar-refractivity contribution in [1.82, 2.24) is 5.32 Å². The van der Waals surface area contributed by atoms with Gasteiger partial charge >= 0.3 is 0 Å². The average Bonchev–Trinajstić information content (AvgIpc) is 2.33. The zero-order valence-corrected chi connectivity index (χ0v) is 11.4. The molecule has 1 heteroatoms. The van der Waals surface area contributed by atoms with E-state index in [4.69, 9.17) is 0 Å². The van der Waals surface area contributed by atoms with Crippen molar-refractivity contribution in [2.24, 2.45) is 11.8 Å². The third-order valence-electron chi connectivity index (χ3n) is 4.40. The van der Waals surface area contributed by atoms with Crippen LogP contribution in [0.15, 0.2) is 24.3 Å². The Labute approximate surface area is 106 Å². The van der Waals surface area contributed by atoms with Crippen LogP contribution in [-0.4, -0.2) is 6.04 Å². The fourth-order valence-electron chi connectivity index (χ4n) is 2.82. The van der Waals surface area contributed by atoms with Crippen molar-refractivity contribution in [3.05, 3.63) is 35.4 Å². The minimum Gasteiger partial charge on any atom is -0.310 e. The lowest BCUT2D eigenvalue weighted by atomic mass is 9.78. The lowest BCUT2D eigenvalue weighted by Gasteiger charge is -2.34. The molecule has 0 unspecified atom stereocenters. The molecule has 0 spiro atoms. The molecule has 1 N–H and O–H groups in total. The van der Waals surface area contributed by atoms with Gasteiger partial charge in [0.15, 0.2) is 0 Å². The van der Waals surface area contributed by atoms with Crippen LogP contribution in [0.5, 0.6) is 0 Å². The normalized spacial score (nSPS) is 29.2. The summed E-state index contributed by atoms with van der Waals surface area (Å²) in [5.41, 5.74) is 2.74. The van der Waals surface area contributed by atoms with Crippen LogP contribution in [0.4, 0.5) is 0 Å². The molecule has 1 fully saturated rings. The summed E-state index contributed by atoms with van der Waals surface area (Å²) >= 11 is 0. The lowest BCUT2D eigenvalue weighted by molar-refractivity contribution is 0.206. The first-order valence-corrected chi connectivity index (χ1v) is 6.96. The van der Waals surface area contributed by atoms with E-state index in [9.17, 15) is 0 Å². The van der Waals surface area contributed by atoms with E-state index in [1.807, 2.05) is 0 Å². The summed E-state index contributed by atoms with van der Waals surface area (Å²) in [6.45, 7) is 7.95. The molecule has 2 rings (SSSR count). The molecule has 1 aromatic carbocycles. The summed E-state index contributed by atoms with van der Waals surface area (Å²) in [5.74, 6) is 1.69. The molecule has 17 heavy (non-hydrogen) atoms. The summed E-state index contributed by atoms with van der Waals surface area (Å²) in [4.78, 5) is 0. The standard InChI is InChI=1S/C16H25N/c1-12-7-9-15(10-8-12)11-17-16-6-4-5-13(2)14(16)3/h7-10,13-14,16-17H,4-6,11H2,1-3H3/t13-,14+,16-/m0/s1. The zero-order chi connectivity index (χ0) is 12.3. The van der Waals surface area contributed by atoms with E-state index < -0.39 is 0 Å². The van der Waals surface area contributed by atoms with Gasteiger partial charge in [-0.1, -0.05) is 56.5 Å². The summed E-state index contributed by atoms with van der Waals surface area (Å²) in [5, 5.41) is 3.74. The SMILES string of the molecule is Cc1ccc(CN[C@H]2CCC[C@H](C)[C@H]2C)cc1. The average molecular weight is 231 g/mol. The molecule has 1 aromatic rings. The second-order valence-corrected chi connectivity index (χ2v) is 5.74. The smallest absolute Gasteiger partial charge is 0.0208 e. The highest BCUT2D eigenvalue weighted by Gasteiger charge is 2.26. The molecule has 0 aliphatic heterocycles. The van der Waals surface area contributed by atoms with E-state index in [1.54, 1.807) is 0 Å². The maximum atomic E-state index is 3.74. The largest absolute Gasteiger partial charge is 0.310 e. The van der Waals surface area contributed by atoms with Crippen LogP contribution in [0.2, 0.25) is 0 Å². The van der Waals surface area contributed by atoms with Gasteiger partial charge in [-0.3, -0.25) is 0 Å². The third-order valence-corrected chi connectivity index (χ3v) is 4.40. The monoisotopic (exact) mass is 231 g/mol. The molecule has 1 aliphatic rings. The molecular weight excluding hydrogens is 206 g/mol. The minimum absolute atomic E-state index is 0.708. The van der Waals surface area contributed by atoms with Crippen LogP contribution in [0, 0.1) is 18.8 Å².